The molecule has 1 saturated carbocycles. The van der Waals surface area contributed by atoms with Crippen LogP contribution in [-0.2, 0) is 14.2 Å². The van der Waals surface area contributed by atoms with E-state index in [1.165, 1.54) is 25.9 Å². The molecule has 0 N–H and O–H groups in total. The highest BCUT2D eigenvalue weighted by Crippen LogP contribution is 2.28. The summed E-state index contributed by atoms with van der Waals surface area (Å²) in [4.78, 5) is 2.55. The van der Waals surface area contributed by atoms with Crippen LogP contribution in [0, 0.1) is 5.92 Å². The molecule has 0 amide bonds. The molecule has 4 heteroatoms. The van der Waals surface area contributed by atoms with Gasteiger partial charge in [0.05, 0.1) is 24.4 Å². The SMILES string of the molecule is CC(CCOC1CCN(C(C)C)CC1)COC1CC(OC(C)C)C1. The third-order valence-corrected chi connectivity index (χ3v) is 5.30. The summed E-state index contributed by atoms with van der Waals surface area (Å²) < 4.78 is 17.9. The highest BCUT2D eigenvalue weighted by atomic mass is 16.5. The van der Waals surface area contributed by atoms with Crippen LogP contribution in [0.25, 0.3) is 0 Å². The van der Waals surface area contributed by atoms with Crippen molar-refractivity contribution in [1.82, 2.24) is 4.90 Å². The predicted octanol–water partition coefficient (Wildman–Crippen LogP) is 3.87. The van der Waals surface area contributed by atoms with Crippen LogP contribution in [0.5, 0.6) is 0 Å². The van der Waals surface area contributed by atoms with Crippen molar-refractivity contribution in [3.63, 3.8) is 0 Å². The van der Waals surface area contributed by atoms with Crippen LogP contribution in [0.3, 0.4) is 0 Å². The van der Waals surface area contributed by atoms with E-state index in [-0.39, 0.29) is 0 Å². The molecule has 0 bridgehead atoms. The summed E-state index contributed by atoms with van der Waals surface area (Å²) in [6.45, 7) is 15.1. The quantitative estimate of drug-likeness (QED) is 0.603. The largest absolute Gasteiger partial charge is 0.378 e. The molecule has 24 heavy (non-hydrogen) atoms. The zero-order valence-electron chi connectivity index (χ0n) is 16.5. The average Bonchev–Trinajstić information content (AvgIpc) is 2.49. The monoisotopic (exact) mass is 341 g/mol. The molecule has 1 aliphatic carbocycles. The molecule has 1 saturated heterocycles. The van der Waals surface area contributed by atoms with Crippen molar-refractivity contribution in [2.75, 3.05) is 26.3 Å². The molecule has 0 radical (unpaired) electrons. The Hall–Kier alpha value is -0.160. The van der Waals surface area contributed by atoms with Crippen molar-refractivity contribution in [3.8, 4) is 0 Å². The van der Waals surface area contributed by atoms with Gasteiger partial charge in [0.25, 0.3) is 0 Å². The Morgan fingerprint density at radius 2 is 1.54 bits per heavy atom. The van der Waals surface area contributed by atoms with Gasteiger partial charge < -0.3 is 19.1 Å². The summed E-state index contributed by atoms with van der Waals surface area (Å²) in [7, 11) is 0. The van der Waals surface area contributed by atoms with E-state index < -0.39 is 0 Å². The molecular weight excluding hydrogens is 302 g/mol. The van der Waals surface area contributed by atoms with Crippen LogP contribution in [-0.4, -0.2) is 61.7 Å². The van der Waals surface area contributed by atoms with Crippen LogP contribution in [0.4, 0.5) is 0 Å². The van der Waals surface area contributed by atoms with E-state index in [0.29, 0.717) is 36.4 Å². The Kier molecular flexibility index (Phi) is 8.48. The number of rotatable bonds is 10. The second-order valence-electron chi connectivity index (χ2n) is 8.33. The first-order valence-electron chi connectivity index (χ1n) is 10.1. The van der Waals surface area contributed by atoms with Gasteiger partial charge in [-0.05, 0) is 65.7 Å². The standard InChI is InChI=1S/C20H39NO3/c1-15(2)21-9-6-18(7-10-21)22-11-8-17(5)14-23-19-12-20(13-19)24-16(3)4/h15-20H,6-14H2,1-5H3. The van der Waals surface area contributed by atoms with Crippen LogP contribution in [0.2, 0.25) is 0 Å². The van der Waals surface area contributed by atoms with Crippen LogP contribution in [0.1, 0.15) is 66.7 Å². The lowest BCUT2D eigenvalue weighted by atomic mass is 9.91. The second kappa shape index (κ2) is 10.1. The van der Waals surface area contributed by atoms with Gasteiger partial charge in [0.2, 0.25) is 0 Å². The number of hydrogen-bond acceptors (Lipinski definition) is 4. The van der Waals surface area contributed by atoms with E-state index in [1.54, 1.807) is 0 Å². The number of piperidine rings is 1. The van der Waals surface area contributed by atoms with Crippen molar-refractivity contribution in [1.29, 1.82) is 0 Å². The van der Waals surface area contributed by atoms with Crippen LogP contribution < -0.4 is 0 Å². The van der Waals surface area contributed by atoms with E-state index in [4.69, 9.17) is 14.2 Å². The third kappa shape index (κ3) is 6.99. The summed E-state index contributed by atoms with van der Waals surface area (Å²) in [5.41, 5.74) is 0. The predicted molar refractivity (Wildman–Crippen MR) is 98.4 cm³/mol. The van der Waals surface area contributed by atoms with Crippen molar-refractivity contribution in [2.24, 2.45) is 5.92 Å². The molecule has 0 aromatic heterocycles. The molecule has 2 fully saturated rings. The Morgan fingerprint density at radius 1 is 0.875 bits per heavy atom. The van der Waals surface area contributed by atoms with E-state index in [2.05, 4.69) is 39.5 Å². The fourth-order valence-corrected chi connectivity index (χ4v) is 3.53. The lowest BCUT2D eigenvalue weighted by Gasteiger charge is -2.36. The summed E-state index contributed by atoms with van der Waals surface area (Å²) >= 11 is 0. The zero-order chi connectivity index (χ0) is 17.5. The van der Waals surface area contributed by atoms with Crippen molar-refractivity contribution >= 4 is 0 Å². The minimum atomic E-state index is 0.333. The summed E-state index contributed by atoms with van der Waals surface area (Å²) in [6, 6.07) is 0.667. The molecule has 1 unspecified atom stereocenters. The lowest BCUT2D eigenvalue weighted by molar-refractivity contribution is -0.123. The topological polar surface area (TPSA) is 30.9 Å². The van der Waals surface area contributed by atoms with E-state index in [0.717, 1.165) is 32.5 Å². The Morgan fingerprint density at radius 3 is 2.12 bits per heavy atom. The van der Waals surface area contributed by atoms with E-state index in [1.807, 2.05) is 0 Å². The Bertz CT molecular complexity index is 334. The Balaban J connectivity index is 1.45. The van der Waals surface area contributed by atoms with Gasteiger partial charge in [0.15, 0.2) is 0 Å². The third-order valence-electron chi connectivity index (χ3n) is 5.30. The molecule has 142 valence electrons. The Labute approximate surface area is 149 Å². The van der Waals surface area contributed by atoms with Gasteiger partial charge >= 0.3 is 0 Å². The maximum absolute atomic E-state index is 6.09. The first kappa shape index (κ1) is 20.2. The van der Waals surface area contributed by atoms with Crippen molar-refractivity contribution < 1.29 is 14.2 Å². The molecule has 1 aliphatic heterocycles. The maximum atomic E-state index is 6.09. The van der Waals surface area contributed by atoms with Gasteiger partial charge in [0, 0.05) is 32.3 Å². The second-order valence-corrected chi connectivity index (χ2v) is 8.33. The highest BCUT2D eigenvalue weighted by Gasteiger charge is 2.31. The molecule has 1 heterocycles. The molecule has 2 rings (SSSR count). The highest BCUT2D eigenvalue weighted by molar-refractivity contribution is 4.81. The fourth-order valence-electron chi connectivity index (χ4n) is 3.53. The summed E-state index contributed by atoms with van der Waals surface area (Å²) in [5.74, 6) is 0.575. The first-order chi connectivity index (χ1) is 11.4. The molecule has 0 spiro atoms. The van der Waals surface area contributed by atoms with Crippen LogP contribution in [0.15, 0.2) is 0 Å². The number of nitrogens with zero attached hydrogens (tertiary/aromatic N) is 1. The summed E-state index contributed by atoms with van der Waals surface area (Å²) in [6.07, 6.45) is 7.23. The zero-order valence-corrected chi connectivity index (χ0v) is 16.5. The number of likely N-dealkylation sites (tertiary alicyclic amines) is 1. The first-order valence-corrected chi connectivity index (χ1v) is 10.1. The summed E-state index contributed by atoms with van der Waals surface area (Å²) in [5, 5.41) is 0. The molecule has 0 aromatic carbocycles. The molecule has 2 aliphatic rings. The normalized spacial score (nSPS) is 27.6. The van der Waals surface area contributed by atoms with E-state index >= 15 is 0 Å². The minimum Gasteiger partial charge on any atom is -0.378 e. The molecule has 0 aromatic rings. The minimum absolute atomic E-state index is 0.333. The molecule has 4 nitrogen and oxygen atoms in total. The van der Waals surface area contributed by atoms with Gasteiger partial charge in [-0.15, -0.1) is 0 Å². The van der Waals surface area contributed by atoms with Crippen molar-refractivity contribution in [2.45, 2.75) is 97.2 Å². The van der Waals surface area contributed by atoms with E-state index in [9.17, 15) is 0 Å². The van der Waals surface area contributed by atoms with Gasteiger partial charge in [-0.3, -0.25) is 0 Å². The smallest absolute Gasteiger partial charge is 0.0628 e. The van der Waals surface area contributed by atoms with Crippen LogP contribution >= 0.6 is 0 Å². The van der Waals surface area contributed by atoms with Gasteiger partial charge in [-0.2, -0.15) is 0 Å². The van der Waals surface area contributed by atoms with Gasteiger partial charge in [-0.1, -0.05) is 6.92 Å². The van der Waals surface area contributed by atoms with Gasteiger partial charge in [0.1, 0.15) is 0 Å². The average molecular weight is 342 g/mol. The molecular formula is C20H39NO3. The van der Waals surface area contributed by atoms with Gasteiger partial charge in [-0.25, -0.2) is 0 Å². The lowest BCUT2D eigenvalue weighted by Crippen LogP contribution is -2.41. The number of hydrogen-bond donors (Lipinski definition) is 0. The maximum Gasteiger partial charge on any atom is 0.0628 e. The fraction of sp³-hybridized carbons (Fsp3) is 1.00. The molecule has 1 atom stereocenters. The number of ether oxygens (including phenoxy) is 3. The van der Waals surface area contributed by atoms with Crippen molar-refractivity contribution in [3.05, 3.63) is 0 Å².